The molecule has 2 aromatic rings. The molecule has 20 heavy (non-hydrogen) atoms. The highest BCUT2D eigenvalue weighted by molar-refractivity contribution is 5.32. The maximum absolute atomic E-state index is 11.5. The van der Waals surface area contributed by atoms with Gasteiger partial charge >= 0.3 is 0 Å². The molecule has 0 aliphatic rings. The van der Waals surface area contributed by atoms with Crippen molar-refractivity contribution in [2.45, 2.75) is 26.6 Å². The molecule has 0 aromatic carbocycles. The summed E-state index contributed by atoms with van der Waals surface area (Å²) in [6.45, 7) is 5.38. The summed E-state index contributed by atoms with van der Waals surface area (Å²) in [5.74, 6) is -0.405. The Balaban J connectivity index is 2.39. The van der Waals surface area contributed by atoms with E-state index < -0.39 is 5.79 Å². The summed E-state index contributed by atoms with van der Waals surface area (Å²) in [6, 6.07) is 7.17. The summed E-state index contributed by atoms with van der Waals surface area (Å²) in [6.07, 6.45) is 3.11. The van der Waals surface area contributed by atoms with Gasteiger partial charge in [0.25, 0.3) is 5.79 Å². The van der Waals surface area contributed by atoms with Gasteiger partial charge in [0.1, 0.15) is 11.4 Å². The normalized spacial score (nSPS) is 13.8. The highest BCUT2D eigenvalue weighted by Crippen LogP contribution is 2.29. The van der Waals surface area contributed by atoms with Gasteiger partial charge in [0, 0.05) is 33.2 Å². The molecule has 5 heteroatoms. The first-order valence-corrected chi connectivity index (χ1v) is 6.33. The van der Waals surface area contributed by atoms with Crippen LogP contribution in [0.15, 0.2) is 36.7 Å². The number of rotatable bonds is 4. The van der Waals surface area contributed by atoms with E-state index in [1.807, 2.05) is 25.1 Å². The van der Waals surface area contributed by atoms with Crippen molar-refractivity contribution in [3.8, 4) is 5.75 Å². The molecule has 0 aliphatic carbocycles. The lowest BCUT2D eigenvalue weighted by molar-refractivity contribution is -0.612. The van der Waals surface area contributed by atoms with Crippen LogP contribution in [0.4, 0.5) is 0 Å². The van der Waals surface area contributed by atoms with Crippen LogP contribution in [0.3, 0.4) is 0 Å². The Kier molecular flexibility index (Phi) is 3.90. The van der Waals surface area contributed by atoms with Crippen molar-refractivity contribution in [1.82, 2.24) is 4.98 Å². The smallest absolute Gasteiger partial charge is 0.251 e. The molecule has 1 atom stereocenters. The molecule has 0 spiro atoms. The molecular weight excluding hydrogens is 256 g/mol. The topological polar surface area (TPSA) is 58.3 Å². The number of nitrogens with zero attached hydrogens (tertiary/aromatic N) is 2. The summed E-state index contributed by atoms with van der Waals surface area (Å²) in [5, 5.41) is 11.5. The fourth-order valence-electron chi connectivity index (χ4n) is 1.87. The van der Waals surface area contributed by atoms with E-state index in [0.717, 1.165) is 10.3 Å². The number of aromatic nitrogens is 2. The number of hydrogen-bond donors (Lipinski definition) is 0. The predicted octanol–water partition coefficient (Wildman–Crippen LogP) is 2.23. The molecule has 2 heterocycles. The first-order chi connectivity index (χ1) is 9.48. The van der Waals surface area contributed by atoms with Gasteiger partial charge in [0.2, 0.25) is 0 Å². The van der Waals surface area contributed by atoms with Crippen LogP contribution in [0, 0.1) is 19.1 Å². The highest BCUT2D eigenvalue weighted by atomic mass is 16.7. The van der Waals surface area contributed by atoms with Crippen molar-refractivity contribution in [3.05, 3.63) is 58.8 Å². The van der Waals surface area contributed by atoms with Crippen LogP contribution in [0.5, 0.6) is 5.75 Å². The van der Waals surface area contributed by atoms with Crippen molar-refractivity contribution in [3.63, 3.8) is 0 Å². The van der Waals surface area contributed by atoms with Gasteiger partial charge in [-0.05, 0) is 19.1 Å². The van der Waals surface area contributed by atoms with E-state index in [2.05, 4.69) is 4.98 Å². The minimum absolute atomic E-state index is 0.599. The van der Waals surface area contributed by atoms with Gasteiger partial charge in [-0.25, -0.2) is 0 Å². The minimum Gasteiger partial charge on any atom is -0.618 e. The molecule has 0 saturated carbocycles. The first kappa shape index (κ1) is 14.3. The molecular formula is C15H18N2O3. The van der Waals surface area contributed by atoms with E-state index in [1.54, 1.807) is 33.2 Å². The summed E-state index contributed by atoms with van der Waals surface area (Å²) in [7, 11) is 1.56. The van der Waals surface area contributed by atoms with Crippen LogP contribution < -0.4 is 9.47 Å². The molecule has 0 radical (unpaired) electrons. The van der Waals surface area contributed by atoms with Crippen molar-refractivity contribution in [2.75, 3.05) is 7.11 Å². The summed E-state index contributed by atoms with van der Waals surface area (Å²) < 4.78 is 12.3. The van der Waals surface area contributed by atoms with E-state index >= 15 is 0 Å². The van der Waals surface area contributed by atoms with Crippen LogP contribution in [0.2, 0.25) is 0 Å². The van der Waals surface area contributed by atoms with E-state index in [9.17, 15) is 5.21 Å². The average molecular weight is 274 g/mol. The van der Waals surface area contributed by atoms with Crippen LogP contribution >= 0.6 is 0 Å². The molecule has 106 valence electrons. The van der Waals surface area contributed by atoms with Gasteiger partial charge in [0.05, 0.1) is 5.56 Å². The largest absolute Gasteiger partial charge is 0.618 e. The maximum atomic E-state index is 11.5. The van der Waals surface area contributed by atoms with Gasteiger partial charge in [0.15, 0.2) is 11.9 Å². The van der Waals surface area contributed by atoms with Gasteiger partial charge in [-0.15, -0.1) is 0 Å². The highest BCUT2D eigenvalue weighted by Gasteiger charge is 2.31. The monoisotopic (exact) mass is 274 g/mol. The average Bonchev–Trinajstić information content (AvgIpc) is 2.48. The fourth-order valence-corrected chi connectivity index (χ4v) is 1.87. The number of methoxy groups -OCH3 is 1. The van der Waals surface area contributed by atoms with E-state index in [-0.39, 0.29) is 0 Å². The quantitative estimate of drug-likeness (QED) is 0.487. The number of hydrogen-bond acceptors (Lipinski definition) is 4. The van der Waals surface area contributed by atoms with Gasteiger partial charge in [-0.1, -0.05) is 6.07 Å². The molecule has 1 unspecified atom stereocenters. The summed E-state index contributed by atoms with van der Waals surface area (Å²) in [5.41, 5.74) is 2.04. The molecule has 2 rings (SSSR count). The van der Waals surface area contributed by atoms with E-state index in [4.69, 9.17) is 9.47 Å². The molecule has 0 amide bonds. The lowest BCUT2D eigenvalue weighted by atomic mass is 10.1. The van der Waals surface area contributed by atoms with Crippen molar-refractivity contribution < 1.29 is 14.2 Å². The SMILES string of the molecule is COC(C)(Oc1cc[n+]([O-])c(C)c1C)c1ccccn1. The Morgan fingerprint density at radius 3 is 2.60 bits per heavy atom. The van der Waals surface area contributed by atoms with Crippen molar-refractivity contribution in [1.29, 1.82) is 0 Å². The fraction of sp³-hybridized carbons (Fsp3) is 0.333. The van der Waals surface area contributed by atoms with Crippen LogP contribution in [0.25, 0.3) is 0 Å². The molecule has 0 fully saturated rings. The second-order valence-electron chi connectivity index (χ2n) is 4.68. The zero-order valence-corrected chi connectivity index (χ0v) is 12.1. The van der Waals surface area contributed by atoms with Crippen LogP contribution in [-0.2, 0) is 10.5 Å². The van der Waals surface area contributed by atoms with E-state index in [0.29, 0.717) is 17.1 Å². The van der Waals surface area contributed by atoms with Crippen molar-refractivity contribution >= 4 is 0 Å². The Morgan fingerprint density at radius 2 is 2.00 bits per heavy atom. The lowest BCUT2D eigenvalue weighted by Crippen LogP contribution is -2.35. The number of pyridine rings is 2. The van der Waals surface area contributed by atoms with Gasteiger partial charge in [-0.2, -0.15) is 4.73 Å². The lowest BCUT2D eigenvalue weighted by Gasteiger charge is -2.29. The van der Waals surface area contributed by atoms with E-state index in [1.165, 1.54) is 6.20 Å². The van der Waals surface area contributed by atoms with Crippen LogP contribution in [0.1, 0.15) is 23.9 Å². The second kappa shape index (κ2) is 5.46. The summed E-state index contributed by atoms with van der Waals surface area (Å²) >= 11 is 0. The Morgan fingerprint density at radius 1 is 1.25 bits per heavy atom. The zero-order chi connectivity index (χ0) is 14.8. The molecule has 0 bridgehead atoms. The zero-order valence-electron chi connectivity index (χ0n) is 12.1. The second-order valence-corrected chi connectivity index (χ2v) is 4.68. The minimum atomic E-state index is -1.01. The molecule has 2 aromatic heterocycles. The third kappa shape index (κ3) is 2.58. The van der Waals surface area contributed by atoms with Gasteiger partial charge in [-0.3, -0.25) is 4.98 Å². The predicted molar refractivity (Wildman–Crippen MR) is 74.1 cm³/mol. The number of ether oxygens (including phenoxy) is 2. The molecule has 5 nitrogen and oxygen atoms in total. The Bertz CT molecular complexity index is 602. The standard InChI is InChI=1S/C15H18N2O3/c1-11-12(2)17(18)10-8-13(11)20-15(3,19-4)14-7-5-6-9-16-14/h5-10H,1-4H3. The Labute approximate surface area is 118 Å². The maximum Gasteiger partial charge on any atom is 0.251 e. The molecule has 0 saturated heterocycles. The third-order valence-electron chi connectivity index (χ3n) is 3.43. The first-order valence-electron chi connectivity index (χ1n) is 6.33. The third-order valence-corrected chi connectivity index (χ3v) is 3.43. The Hall–Kier alpha value is -2.14. The van der Waals surface area contributed by atoms with Gasteiger partial charge < -0.3 is 14.7 Å². The molecule has 0 aliphatic heterocycles. The van der Waals surface area contributed by atoms with Crippen molar-refractivity contribution in [2.24, 2.45) is 0 Å². The van der Waals surface area contributed by atoms with Crippen LogP contribution in [-0.4, -0.2) is 12.1 Å². The summed E-state index contributed by atoms with van der Waals surface area (Å²) in [4.78, 5) is 4.27. The molecule has 0 N–H and O–H groups in total.